The van der Waals surface area contributed by atoms with Crippen LogP contribution in [0.25, 0.3) is 0 Å². The molecular formula is C21H21N5OS2. The molecule has 2 N–H and O–H groups in total. The maximum absolute atomic E-state index is 13.0. The van der Waals surface area contributed by atoms with Crippen LogP contribution in [0.1, 0.15) is 43.2 Å². The number of ketones is 1. The summed E-state index contributed by atoms with van der Waals surface area (Å²) < 4.78 is 0.813. The molecule has 1 aliphatic carbocycles. The Morgan fingerprint density at radius 3 is 2.69 bits per heavy atom. The van der Waals surface area contributed by atoms with Gasteiger partial charge in [0.15, 0.2) is 10.1 Å². The van der Waals surface area contributed by atoms with Gasteiger partial charge >= 0.3 is 0 Å². The van der Waals surface area contributed by atoms with Gasteiger partial charge in [-0.25, -0.2) is 0 Å². The number of anilines is 1. The van der Waals surface area contributed by atoms with Crippen molar-refractivity contribution >= 4 is 34.0 Å². The molecule has 1 aromatic heterocycles. The van der Waals surface area contributed by atoms with Crippen LogP contribution in [0.3, 0.4) is 0 Å². The molecule has 0 saturated heterocycles. The van der Waals surface area contributed by atoms with Gasteiger partial charge in [-0.3, -0.25) is 9.69 Å². The Morgan fingerprint density at radius 1 is 1.31 bits per heavy atom. The van der Waals surface area contributed by atoms with E-state index in [1.807, 2.05) is 18.4 Å². The molecule has 2 heterocycles. The number of carbonyl (C=O) groups is 1. The van der Waals surface area contributed by atoms with Crippen LogP contribution in [0, 0.1) is 11.3 Å². The lowest BCUT2D eigenvalue weighted by atomic mass is 9.75. The zero-order chi connectivity index (χ0) is 20.5. The molecule has 4 rings (SSSR count). The Kier molecular flexibility index (Phi) is 5.43. The lowest BCUT2D eigenvalue weighted by molar-refractivity contribution is -0.116. The third-order valence-corrected chi connectivity index (χ3v) is 7.28. The number of aromatic nitrogens is 2. The smallest absolute Gasteiger partial charge is 0.219 e. The Bertz CT molecular complexity index is 1060. The van der Waals surface area contributed by atoms with Crippen molar-refractivity contribution in [2.75, 3.05) is 11.2 Å². The number of nitrogens with zero attached hydrogens (tertiary/aromatic N) is 4. The van der Waals surface area contributed by atoms with Gasteiger partial charge in [0.05, 0.1) is 17.6 Å². The predicted molar refractivity (Wildman–Crippen MR) is 115 cm³/mol. The highest BCUT2D eigenvalue weighted by Gasteiger charge is 2.41. The summed E-state index contributed by atoms with van der Waals surface area (Å²) >= 11 is 2.92. The number of aryl methyl sites for hydroxylation is 1. The summed E-state index contributed by atoms with van der Waals surface area (Å²) in [6, 6.07) is 10.4. The number of thioether (sulfide) groups is 1. The standard InChI is InChI=1S/C21H21N5OS2/c1-3-12-7-9-13(10-8-12)17-14(11-22)19(23)26(20-24-25-21(28-2)29-20)15-5-4-6-16(27)18(15)17/h7-10,17H,3-6,23H2,1-2H3. The van der Waals surface area contributed by atoms with E-state index < -0.39 is 5.92 Å². The highest BCUT2D eigenvalue weighted by Crippen LogP contribution is 2.47. The second-order valence-corrected chi connectivity index (χ2v) is 8.98. The Labute approximate surface area is 178 Å². The van der Waals surface area contributed by atoms with Crippen molar-refractivity contribution in [2.24, 2.45) is 5.73 Å². The molecule has 2 aliphatic rings. The van der Waals surface area contributed by atoms with E-state index in [1.165, 1.54) is 28.7 Å². The van der Waals surface area contributed by atoms with Crippen LogP contribution in [0.15, 0.2) is 51.3 Å². The monoisotopic (exact) mass is 423 g/mol. The first-order valence-corrected chi connectivity index (χ1v) is 11.6. The average Bonchev–Trinajstić information content (AvgIpc) is 3.22. The topological polar surface area (TPSA) is 95.9 Å². The molecule has 29 heavy (non-hydrogen) atoms. The Morgan fingerprint density at radius 2 is 2.07 bits per heavy atom. The van der Waals surface area contributed by atoms with Crippen LogP contribution in [0.5, 0.6) is 0 Å². The quantitative estimate of drug-likeness (QED) is 0.739. The number of carbonyl (C=O) groups excluding carboxylic acids is 1. The van der Waals surface area contributed by atoms with Crippen molar-refractivity contribution in [1.82, 2.24) is 10.2 Å². The number of hydrogen-bond acceptors (Lipinski definition) is 8. The lowest BCUT2D eigenvalue weighted by Crippen LogP contribution is -2.38. The zero-order valence-electron chi connectivity index (χ0n) is 16.3. The van der Waals surface area contributed by atoms with E-state index in [2.05, 4.69) is 35.3 Å². The number of nitriles is 1. The van der Waals surface area contributed by atoms with Gasteiger partial charge in [0.1, 0.15) is 5.82 Å². The van der Waals surface area contributed by atoms with Crippen molar-refractivity contribution in [3.8, 4) is 6.07 Å². The lowest BCUT2D eigenvalue weighted by Gasteiger charge is -2.38. The van der Waals surface area contributed by atoms with E-state index >= 15 is 0 Å². The van der Waals surface area contributed by atoms with E-state index in [0.29, 0.717) is 28.5 Å². The highest BCUT2D eigenvalue weighted by atomic mass is 32.2. The van der Waals surface area contributed by atoms with Gasteiger partial charge in [0.25, 0.3) is 0 Å². The summed E-state index contributed by atoms with van der Waals surface area (Å²) in [5.41, 5.74) is 10.6. The first-order valence-electron chi connectivity index (χ1n) is 9.51. The molecule has 0 fully saturated rings. The van der Waals surface area contributed by atoms with Crippen LogP contribution >= 0.6 is 23.1 Å². The molecule has 0 radical (unpaired) electrons. The summed E-state index contributed by atoms with van der Waals surface area (Å²) in [6.45, 7) is 2.10. The number of nitrogens with two attached hydrogens (primary N) is 1. The minimum absolute atomic E-state index is 0.0793. The van der Waals surface area contributed by atoms with Crippen molar-refractivity contribution < 1.29 is 4.79 Å². The van der Waals surface area contributed by atoms with Crippen molar-refractivity contribution in [3.63, 3.8) is 0 Å². The van der Waals surface area contributed by atoms with Crippen LogP contribution in [-0.4, -0.2) is 22.2 Å². The van der Waals surface area contributed by atoms with Crippen LogP contribution in [0.4, 0.5) is 5.13 Å². The molecule has 8 heteroatoms. The van der Waals surface area contributed by atoms with Gasteiger partial charge < -0.3 is 5.73 Å². The predicted octanol–water partition coefficient (Wildman–Crippen LogP) is 4.13. The van der Waals surface area contributed by atoms with Crippen LogP contribution in [-0.2, 0) is 11.2 Å². The number of allylic oxidation sites excluding steroid dienone is 3. The summed E-state index contributed by atoms with van der Waals surface area (Å²) in [5.74, 6) is -0.0112. The molecule has 6 nitrogen and oxygen atoms in total. The third kappa shape index (κ3) is 3.34. The minimum atomic E-state index is -0.433. The Balaban J connectivity index is 1.91. The van der Waals surface area contributed by atoms with E-state index in [1.54, 1.807) is 4.90 Å². The summed E-state index contributed by atoms with van der Waals surface area (Å²) in [6.07, 6.45) is 4.84. The van der Waals surface area contributed by atoms with Crippen molar-refractivity contribution in [1.29, 1.82) is 5.26 Å². The van der Waals surface area contributed by atoms with Gasteiger partial charge in [0.2, 0.25) is 5.13 Å². The molecule has 1 aliphatic heterocycles. The van der Waals surface area contributed by atoms with E-state index in [0.717, 1.165) is 34.9 Å². The molecular weight excluding hydrogens is 402 g/mol. The zero-order valence-corrected chi connectivity index (χ0v) is 17.9. The molecule has 0 saturated carbocycles. The van der Waals surface area contributed by atoms with Gasteiger partial charge in [-0.2, -0.15) is 5.26 Å². The first kappa shape index (κ1) is 19.7. The van der Waals surface area contributed by atoms with E-state index in [4.69, 9.17) is 5.73 Å². The molecule has 1 atom stereocenters. The molecule has 0 bridgehead atoms. The SMILES string of the molecule is CCc1ccc(C2C(C#N)=C(N)N(c3nnc(SC)s3)C3=C2C(=O)CCC3)cc1. The fraction of sp³-hybridized carbons (Fsp3) is 0.333. The number of benzene rings is 1. The van der Waals surface area contributed by atoms with Gasteiger partial charge in [0, 0.05) is 17.7 Å². The fourth-order valence-corrected chi connectivity index (χ4v) is 5.26. The van der Waals surface area contributed by atoms with Gasteiger partial charge in [-0.15, -0.1) is 10.2 Å². The maximum atomic E-state index is 13.0. The van der Waals surface area contributed by atoms with Crippen LogP contribution < -0.4 is 10.6 Å². The molecule has 1 aromatic carbocycles. The second kappa shape index (κ2) is 8.01. The largest absolute Gasteiger partial charge is 0.384 e. The van der Waals surface area contributed by atoms with Gasteiger partial charge in [-0.1, -0.05) is 54.3 Å². The summed E-state index contributed by atoms with van der Waals surface area (Å²) in [5, 5.41) is 19.0. The Hall–Kier alpha value is -2.63. The van der Waals surface area contributed by atoms with Crippen molar-refractivity contribution in [2.45, 2.75) is 42.9 Å². The van der Waals surface area contributed by atoms with Crippen molar-refractivity contribution in [3.05, 3.63) is 58.1 Å². The van der Waals surface area contributed by atoms with Crippen LogP contribution in [0.2, 0.25) is 0 Å². The summed E-state index contributed by atoms with van der Waals surface area (Å²) in [7, 11) is 0. The minimum Gasteiger partial charge on any atom is -0.384 e. The molecule has 0 spiro atoms. The molecule has 2 aromatic rings. The normalized spacial score (nSPS) is 19.4. The molecule has 148 valence electrons. The molecule has 1 unspecified atom stereocenters. The fourth-order valence-electron chi connectivity index (χ4n) is 3.96. The molecule has 0 amide bonds. The first-order chi connectivity index (χ1) is 14.1. The third-order valence-electron chi connectivity index (χ3n) is 5.40. The number of Topliss-reactive ketones (excluding diaryl/α,β-unsaturated/α-hetero) is 1. The number of hydrogen-bond donors (Lipinski definition) is 1. The summed E-state index contributed by atoms with van der Waals surface area (Å²) in [4.78, 5) is 14.8. The van der Waals surface area contributed by atoms with E-state index in [-0.39, 0.29) is 5.78 Å². The highest BCUT2D eigenvalue weighted by molar-refractivity contribution is 8.00. The van der Waals surface area contributed by atoms with E-state index in [9.17, 15) is 10.1 Å². The second-order valence-electron chi connectivity index (χ2n) is 6.97. The number of rotatable bonds is 4. The average molecular weight is 424 g/mol. The maximum Gasteiger partial charge on any atom is 0.219 e. The van der Waals surface area contributed by atoms with Gasteiger partial charge in [-0.05, 0) is 36.6 Å².